The van der Waals surface area contributed by atoms with E-state index in [0.717, 1.165) is 39.4 Å². The van der Waals surface area contributed by atoms with Gasteiger partial charge >= 0.3 is 0 Å². The van der Waals surface area contributed by atoms with Crippen LogP contribution in [-0.2, 0) is 11.2 Å². The number of hydrogen-bond donors (Lipinski definition) is 1. The van der Waals surface area contributed by atoms with E-state index in [9.17, 15) is 4.79 Å². The number of aromatic nitrogens is 4. The molecule has 7 heteroatoms. The Balaban J connectivity index is 1.37. The lowest BCUT2D eigenvalue weighted by atomic mass is 10.1. The molecule has 0 aliphatic heterocycles. The predicted octanol–water partition coefficient (Wildman–Crippen LogP) is 4.96. The highest BCUT2D eigenvalue weighted by Crippen LogP contribution is 2.25. The van der Waals surface area contributed by atoms with Crippen molar-refractivity contribution in [2.24, 2.45) is 0 Å². The van der Waals surface area contributed by atoms with Crippen LogP contribution in [0.3, 0.4) is 0 Å². The second kappa shape index (κ2) is 8.47. The van der Waals surface area contributed by atoms with Crippen molar-refractivity contribution in [2.45, 2.75) is 19.8 Å². The van der Waals surface area contributed by atoms with Gasteiger partial charge < -0.3 is 9.73 Å². The van der Waals surface area contributed by atoms with Crippen LogP contribution in [0.4, 0.5) is 5.69 Å². The third kappa shape index (κ3) is 3.88. The van der Waals surface area contributed by atoms with Crippen molar-refractivity contribution in [3.63, 3.8) is 0 Å². The molecule has 0 saturated carbocycles. The average Bonchev–Trinajstić information content (AvgIpc) is 3.48. The summed E-state index contributed by atoms with van der Waals surface area (Å²) < 4.78 is 7.38. The monoisotopic (exact) mass is 423 g/mol. The summed E-state index contributed by atoms with van der Waals surface area (Å²) in [4.78, 5) is 17.6. The second-order valence-electron chi connectivity index (χ2n) is 7.51. The van der Waals surface area contributed by atoms with Gasteiger partial charge in [-0.25, -0.2) is 4.98 Å². The number of aryl methyl sites for hydroxylation is 2. The molecule has 3 aromatic carbocycles. The maximum absolute atomic E-state index is 12.8. The van der Waals surface area contributed by atoms with Crippen molar-refractivity contribution < 1.29 is 9.21 Å². The summed E-state index contributed by atoms with van der Waals surface area (Å²) in [7, 11) is 0. The number of para-hydroxylation sites is 3. The Morgan fingerprint density at radius 1 is 1.03 bits per heavy atom. The van der Waals surface area contributed by atoms with E-state index in [1.54, 1.807) is 0 Å². The summed E-state index contributed by atoms with van der Waals surface area (Å²) in [5.41, 5.74) is 5.40. The van der Waals surface area contributed by atoms with Crippen molar-refractivity contribution in [3.8, 4) is 17.1 Å². The Kier molecular flexibility index (Phi) is 5.21. The molecule has 0 unspecified atom stereocenters. The average molecular weight is 423 g/mol. The number of anilines is 1. The Morgan fingerprint density at radius 2 is 1.84 bits per heavy atom. The number of nitrogens with zero attached hydrogens (tertiary/aromatic N) is 4. The number of hydrogen-bond acceptors (Lipinski definition) is 5. The van der Waals surface area contributed by atoms with Crippen LogP contribution >= 0.6 is 0 Å². The van der Waals surface area contributed by atoms with E-state index in [1.165, 1.54) is 6.39 Å². The van der Waals surface area contributed by atoms with Crippen molar-refractivity contribution >= 4 is 22.6 Å². The lowest BCUT2D eigenvalue weighted by Gasteiger charge is -2.11. The van der Waals surface area contributed by atoms with Crippen LogP contribution in [0.15, 0.2) is 83.6 Å². The van der Waals surface area contributed by atoms with Crippen LogP contribution in [0.5, 0.6) is 0 Å². The molecular weight excluding hydrogens is 402 g/mol. The highest BCUT2D eigenvalue weighted by molar-refractivity contribution is 5.92. The first-order valence-electron chi connectivity index (χ1n) is 10.4. The van der Waals surface area contributed by atoms with E-state index < -0.39 is 0 Å². The minimum atomic E-state index is -0.0811. The van der Waals surface area contributed by atoms with Gasteiger partial charge in [0.05, 0.1) is 11.0 Å². The minimum absolute atomic E-state index is 0.0811. The molecule has 1 N–H and O–H groups in total. The molecule has 0 saturated heterocycles. The molecule has 0 radical (unpaired) electrons. The zero-order valence-electron chi connectivity index (χ0n) is 17.5. The first-order chi connectivity index (χ1) is 15.7. The van der Waals surface area contributed by atoms with Crippen LogP contribution in [0.1, 0.15) is 17.8 Å². The molecule has 0 aliphatic rings. The zero-order valence-corrected chi connectivity index (χ0v) is 17.5. The van der Waals surface area contributed by atoms with E-state index in [-0.39, 0.29) is 5.91 Å². The molecule has 1 amide bonds. The van der Waals surface area contributed by atoms with Gasteiger partial charge in [-0.2, -0.15) is 0 Å². The van der Waals surface area contributed by atoms with Gasteiger partial charge in [0.1, 0.15) is 5.82 Å². The Hall–Kier alpha value is -4.26. The highest BCUT2D eigenvalue weighted by atomic mass is 16.4. The fourth-order valence-corrected chi connectivity index (χ4v) is 3.74. The van der Waals surface area contributed by atoms with Crippen molar-refractivity contribution in [2.75, 3.05) is 5.32 Å². The van der Waals surface area contributed by atoms with Gasteiger partial charge in [0.25, 0.3) is 0 Å². The molecule has 158 valence electrons. The normalized spacial score (nSPS) is 11.0. The molecule has 2 heterocycles. The zero-order chi connectivity index (χ0) is 21.9. The van der Waals surface area contributed by atoms with Gasteiger partial charge in [0.15, 0.2) is 0 Å². The molecule has 0 fully saturated rings. The summed E-state index contributed by atoms with van der Waals surface area (Å²) in [5.74, 6) is 1.18. The summed E-state index contributed by atoms with van der Waals surface area (Å²) in [6.45, 7) is 1.95. The van der Waals surface area contributed by atoms with Gasteiger partial charge in [-0.05, 0) is 48.9 Å². The summed E-state index contributed by atoms with van der Waals surface area (Å²) in [6, 6.07) is 23.7. The van der Waals surface area contributed by atoms with E-state index in [2.05, 4.69) is 20.1 Å². The van der Waals surface area contributed by atoms with Crippen LogP contribution in [0.25, 0.3) is 28.2 Å². The third-order valence-electron chi connectivity index (χ3n) is 5.34. The molecule has 0 spiro atoms. The molecule has 0 bridgehead atoms. The van der Waals surface area contributed by atoms with E-state index in [4.69, 9.17) is 9.40 Å². The molecule has 0 aliphatic carbocycles. The molecule has 7 nitrogen and oxygen atoms in total. The van der Waals surface area contributed by atoms with Crippen LogP contribution in [0.2, 0.25) is 0 Å². The van der Waals surface area contributed by atoms with Gasteiger partial charge in [-0.1, -0.05) is 36.4 Å². The number of carbonyl (C=O) groups is 1. The van der Waals surface area contributed by atoms with Gasteiger partial charge in [0.2, 0.25) is 18.2 Å². The standard InChI is InChI=1S/C25H21N5O2/c1-17-11-12-18(25-29-26-16-32-25)15-21(17)28-24(31)14-13-23-27-20-9-5-6-10-22(20)30(23)19-7-3-2-4-8-19/h2-12,15-16H,13-14H2,1H3,(H,28,31). The molecule has 5 rings (SSSR count). The number of rotatable bonds is 6. The largest absolute Gasteiger partial charge is 0.423 e. The summed E-state index contributed by atoms with van der Waals surface area (Å²) in [6.07, 6.45) is 2.10. The maximum atomic E-state index is 12.8. The first kappa shape index (κ1) is 19.7. The van der Waals surface area contributed by atoms with Crippen LogP contribution < -0.4 is 5.32 Å². The minimum Gasteiger partial charge on any atom is -0.423 e. The van der Waals surface area contributed by atoms with Crippen molar-refractivity contribution in [3.05, 3.63) is 90.6 Å². The van der Waals surface area contributed by atoms with E-state index in [0.29, 0.717) is 18.7 Å². The number of fused-ring (bicyclic) bond motifs is 1. The highest BCUT2D eigenvalue weighted by Gasteiger charge is 2.15. The Morgan fingerprint density at radius 3 is 2.66 bits per heavy atom. The topological polar surface area (TPSA) is 85.8 Å². The number of nitrogens with one attached hydrogen (secondary N) is 1. The molecule has 2 aromatic heterocycles. The number of imidazole rings is 1. The van der Waals surface area contributed by atoms with E-state index in [1.807, 2.05) is 79.7 Å². The van der Waals surface area contributed by atoms with Crippen LogP contribution in [-0.4, -0.2) is 25.7 Å². The third-order valence-corrected chi connectivity index (χ3v) is 5.34. The van der Waals surface area contributed by atoms with Crippen molar-refractivity contribution in [1.82, 2.24) is 19.7 Å². The number of carbonyl (C=O) groups excluding carboxylic acids is 1. The molecular formula is C25H21N5O2. The fourth-order valence-electron chi connectivity index (χ4n) is 3.74. The van der Waals surface area contributed by atoms with Crippen molar-refractivity contribution in [1.29, 1.82) is 0 Å². The lowest BCUT2D eigenvalue weighted by Crippen LogP contribution is -2.14. The van der Waals surface area contributed by atoms with E-state index >= 15 is 0 Å². The molecule has 0 atom stereocenters. The van der Waals surface area contributed by atoms with Crippen LogP contribution in [0, 0.1) is 6.92 Å². The molecule has 5 aromatic rings. The SMILES string of the molecule is Cc1ccc(-c2nnco2)cc1NC(=O)CCc1nc2ccccc2n1-c1ccccc1. The summed E-state index contributed by atoms with van der Waals surface area (Å²) >= 11 is 0. The Labute approximate surface area is 184 Å². The second-order valence-corrected chi connectivity index (χ2v) is 7.51. The van der Waals surface area contributed by atoms with Gasteiger partial charge in [0, 0.05) is 29.8 Å². The summed E-state index contributed by atoms with van der Waals surface area (Å²) in [5, 5.41) is 10.7. The van der Waals surface area contributed by atoms with Gasteiger partial charge in [-0.3, -0.25) is 9.36 Å². The number of amides is 1. The Bertz CT molecular complexity index is 1370. The molecule has 32 heavy (non-hydrogen) atoms. The smallest absolute Gasteiger partial charge is 0.247 e. The maximum Gasteiger partial charge on any atom is 0.247 e. The lowest BCUT2D eigenvalue weighted by molar-refractivity contribution is -0.116. The van der Waals surface area contributed by atoms with Gasteiger partial charge in [-0.15, -0.1) is 10.2 Å². The predicted molar refractivity (Wildman–Crippen MR) is 122 cm³/mol. The number of benzene rings is 3. The fraction of sp³-hybridized carbons (Fsp3) is 0.120. The first-order valence-corrected chi connectivity index (χ1v) is 10.4. The quantitative estimate of drug-likeness (QED) is 0.417.